The number of nitrogens with zero attached hydrogens (tertiary/aromatic N) is 1. The Balaban J connectivity index is 2.01. The van der Waals surface area contributed by atoms with Crippen molar-refractivity contribution < 1.29 is 4.79 Å². The SMILES string of the molecule is C#CCN(C(=O)C#CC1=CCCCC1)C1CCCCC1. The lowest BCUT2D eigenvalue weighted by Gasteiger charge is -2.31. The van der Waals surface area contributed by atoms with Gasteiger partial charge in [-0.2, -0.15) is 0 Å². The summed E-state index contributed by atoms with van der Waals surface area (Å²) in [5, 5.41) is 0. The van der Waals surface area contributed by atoms with Crippen molar-refractivity contribution in [3.63, 3.8) is 0 Å². The lowest BCUT2D eigenvalue weighted by molar-refractivity contribution is -0.127. The molecule has 0 N–H and O–H groups in total. The lowest BCUT2D eigenvalue weighted by atomic mass is 9.94. The minimum atomic E-state index is -0.0960. The molecular weight excluding hydrogens is 246 g/mol. The molecule has 2 nitrogen and oxygen atoms in total. The van der Waals surface area contributed by atoms with E-state index in [-0.39, 0.29) is 5.91 Å². The molecule has 0 bridgehead atoms. The van der Waals surface area contributed by atoms with Crippen molar-refractivity contribution in [3.05, 3.63) is 11.6 Å². The van der Waals surface area contributed by atoms with Crippen LogP contribution in [-0.2, 0) is 4.79 Å². The Morgan fingerprint density at radius 3 is 2.70 bits per heavy atom. The smallest absolute Gasteiger partial charge is 0.299 e. The van der Waals surface area contributed by atoms with Gasteiger partial charge in [-0.1, -0.05) is 37.2 Å². The van der Waals surface area contributed by atoms with Gasteiger partial charge in [0.1, 0.15) is 0 Å². The molecule has 0 spiro atoms. The first-order valence-electron chi connectivity index (χ1n) is 7.76. The molecule has 1 fully saturated rings. The zero-order valence-electron chi connectivity index (χ0n) is 12.2. The van der Waals surface area contributed by atoms with Gasteiger partial charge >= 0.3 is 0 Å². The summed E-state index contributed by atoms with van der Waals surface area (Å²) in [5.74, 6) is 8.37. The fourth-order valence-corrected chi connectivity index (χ4v) is 3.02. The summed E-state index contributed by atoms with van der Waals surface area (Å²) < 4.78 is 0. The number of hydrogen-bond donors (Lipinski definition) is 0. The molecule has 2 aliphatic carbocycles. The molecule has 0 aliphatic heterocycles. The zero-order valence-corrected chi connectivity index (χ0v) is 12.2. The van der Waals surface area contributed by atoms with E-state index in [1.807, 2.05) is 0 Å². The molecule has 0 heterocycles. The second-order valence-corrected chi connectivity index (χ2v) is 5.65. The Labute approximate surface area is 122 Å². The van der Waals surface area contributed by atoms with E-state index in [1.165, 1.54) is 32.1 Å². The van der Waals surface area contributed by atoms with Crippen LogP contribution in [0, 0.1) is 24.2 Å². The Hall–Kier alpha value is -1.67. The van der Waals surface area contributed by atoms with Crippen molar-refractivity contribution in [2.75, 3.05) is 6.54 Å². The van der Waals surface area contributed by atoms with Gasteiger partial charge in [0.05, 0.1) is 6.54 Å². The third-order valence-corrected chi connectivity index (χ3v) is 4.16. The molecule has 20 heavy (non-hydrogen) atoms. The minimum Gasteiger partial charge on any atom is -0.318 e. The maximum Gasteiger partial charge on any atom is 0.299 e. The van der Waals surface area contributed by atoms with E-state index >= 15 is 0 Å². The normalized spacial score (nSPS) is 19.2. The molecule has 0 aromatic carbocycles. The largest absolute Gasteiger partial charge is 0.318 e. The number of terminal acetylenes is 1. The number of amides is 1. The quantitative estimate of drug-likeness (QED) is 0.704. The van der Waals surface area contributed by atoms with Crippen molar-refractivity contribution >= 4 is 5.91 Å². The number of carbonyl (C=O) groups is 1. The van der Waals surface area contributed by atoms with Crippen molar-refractivity contribution in [2.24, 2.45) is 0 Å². The summed E-state index contributed by atoms with van der Waals surface area (Å²) in [6.45, 7) is 0.386. The van der Waals surface area contributed by atoms with E-state index in [0.717, 1.165) is 31.3 Å². The highest BCUT2D eigenvalue weighted by Gasteiger charge is 2.23. The Morgan fingerprint density at radius 1 is 1.25 bits per heavy atom. The van der Waals surface area contributed by atoms with Gasteiger partial charge in [0.15, 0.2) is 0 Å². The summed E-state index contributed by atoms with van der Waals surface area (Å²) in [4.78, 5) is 14.1. The van der Waals surface area contributed by atoms with Crippen molar-refractivity contribution in [1.29, 1.82) is 0 Å². The second kappa shape index (κ2) is 7.81. The number of allylic oxidation sites excluding steroid dienone is 2. The standard InChI is InChI=1S/C18H23NO/c1-2-15-19(17-11-7-4-8-12-17)18(20)14-13-16-9-5-3-6-10-16/h1,9,17H,3-8,10-12,15H2. The van der Waals surface area contributed by atoms with E-state index in [2.05, 4.69) is 23.8 Å². The third-order valence-electron chi connectivity index (χ3n) is 4.16. The van der Waals surface area contributed by atoms with Crippen LogP contribution in [0.1, 0.15) is 57.8 Å². The van der Waals surface area contributed by atoms with Gasteiger partial charge in [-0.25, -0.2) is 0 Å². The summed E-state index contributed by atoms with van der Waals surface area (Å²) in [7, 11) is 0. The Kier molecular flexibility index (Phi) is 5.75. The van der Waals surface area contributed by atoms with Gasteiger partial charge in [-0.3, -0.25) is 4.79 Å². The fourth-order valence-electron chi connectivity index (χ4n) is 3.02. The van der Waals surface area contributed by atoms with Crippen molar-refractivity contribution in [1.82, 2.24) is 4.90 Å². The molecule has 0 saturated heterocycles. The first-order valence-corrected chi connectivity index (χ1v) is 7.76. The first kappa shape index (κ1) is 14.7. The Bertz CT molecular complexity index is 466. The van der Waals surface area contributed by atoms with Crippen LogP contribution < -0.4 is 0 Å². The van der Waals surface area contributed by atoms with E-state index in [1.54, 1.807) is 4.90 Å². The van der Waals surface area contributed by atoms with Crippen molar-refractivity contribution in [2.45, 2.75) is 63.8 Å². The van der Waals surface area contributed by atoms with Crippen LogP contribution in [0.15, 0.2) is 11.6 Å². The molecule has 0 atom stereocenters. The summed E-state index contributed by atoms with van der Waals surface area (Å²) >= 11 is 0. The summed E-state index contributed by atoms with van der Waals surface area (Å²) in [6, 6.07) is 0.293. The number of carbonyl (C=O) groups excluding carboxylic acids is 1. The van der Waals surface area contributed by atoms with Crippen LogP contribution in [0.4, 0.5) is 0 Å². The van der Waals surface area contributed by atoms with Gasteiger partial charge in [0, 0.05) is 12.0 Å². The van der Waals surface area contributed by atoms with E-state index < -0.39 is 0 Å². The fraction of sp³-hybridized carbons (Fsp3) is 0.611. The first-order chi connectivity index (χ1) is 9.81. The van der Waals surface area contributed by atoms with Crippen LogP contribution in [-0.4, -0.2) is 23.4 Å². The van der Waals surface area contributed by atoms with Gasteiger partial charge in [0.25, 0.3) is 5.91 Å². The highest BCUT2D eigenvalue weighted by molar-refractivity contribution is 5.94. The van der Waals surface area contributed by atoms with Gasteiger partial charge < -0.3 is 4.90 Å². The highest BCUT2D eigenvalue weighted by Crippen LogP contribution is 2.22. The maximum atomic E-state index is 12.3. The monoisotopic (exact) mass is 269 g/mol. The van der Waals surface area contributed by atoms with Gasteiger partial charge in [-0.15, -0.1) is 6.42 Å². The van der Waals surface area contributed by atoms with Crippen LogP contribution >= 0.6 is 0 Å². The average molecular weight is 269 g/mol. The molecule has 1 amide bonds. The average Bonchev–Trinajstić information content (AvgIpc) is 2.52. The molecule has 0 aromatic heterocycles. The van der Waals surface area contributed by atoms with Crippen LogP contribution in [0.2, 0.25) is 0 Å². The summed E-state index contributed by atoms with van der Waals surface area (Å²) in [5.41, 5.74) is 1.12. The number of hydrogen-bond acceptors (Lipinski definition) is 1. The van der Waals surface area contributed by atoms with E-state index in [9.17, 15) is 4.79 Å². The van der Waals surface area contributed by atoms with E-state index in [4.69, 9.17) is 6.42 Å². The highest BCUT2D eigenvalue weighted by atomic mass is 16.2. The summed E-state index contributed by atoms with van der Waals surface area (Å²) in [6.07, 6.45) is 17.9. The van der Waals surface area contributed by atoms with Crippen LogP contribution in [0.5, 0.6) is 0 Å². The topological polar surface area (TPSA) is 20.3 Å². The maximum absolute atomic E-state index is 12.3. The van der Waals surface area contributed by atoms with Crippen molar-refractivity contribution in [3.8, 4) is 24.2 Å². The van der Waals surface area contributed by atoms with Gasteiger partial charge in [-0.05, 0) is 44.1 Å². The molecule has 2 aliphatic rings. The molecule has 0 unspecified atom stereocenters. The molecule has 0 aromatic rings. The third kappa shape index (κ3) is 4.17. The van der Waals surface area contributed by atoms with Crippen LogP contribution in [0.3, 0.4) is 0 Å². The van der Waals surface area contributed by atoms with Crippen LogP contribution in [0.25, 0.3) is 0 Å². The molecule has 0 radical (unpaired) electrons. The zero-order chi connectivity index (χ0) is 14.2. The molecule has 2 heteroatoms. The van der Waals surface area contributed by atoms with Gasteiger partial charge in [0.2, 0.25) is 0 Å². The molecular formula is C18H23NO. The second-order valence-electron chi connectivity index (χ2n) is 5.65. The Morgan fingerprint density at radius 2 is 2.05 bits per heavy atom. The molecule has 2 rings (SSSR count). The minimum absolute atomic E-state index is 0.0960. The predicted molar refractivity (Wildman–Crippen MR) is 81.7 cm³/mol. The number of rotatable bonds is 2. The molecule has 1 saturated carbocycles. The lowest BCUT2D eigenvalue weighted by Crippen LogP contribution is -2.41. The van der Waals surface area contributed by atoms with E-state index in [0.29, 0.717) is 12.6 Å². The molecule has 106 valence electrons. The predicted octanol–water partition coefficient (Wildman–Crippen LogP) is 3.28.